The topological polar surface area (TPSA) is 117 Å². The van der Waals surface area contributed by atoms with Crippen molar-refractivity contribution in [3.63, 3.8) is 0 Å². The third kappa shape index (κ3) is 2.59. The minimum atomic E-state index is -3.54. The first kappa shape index (κ1) is 15.0. The predicted octanol–water partition coefficient (Wildman–Crippen LogP) is -1.10. The van der Waals surface area contributed by atoms with Crippen LogP contribution in [-0.2, 0) is 23.6 Å². The summed E-state index contributed by atoms with van der Waals surface area (Å²) in [6.45, 7) is 1.12. The van der Waals surface area contributed by atoms with E-state index in [1.807, 2.05) is 0 Å². The highest BCUT2D eigenvalue weighted by Gasteiger charge is 2.39. The molecule has 24 heavy (non-hydrogen) atoms. The number of aromatic nitrogens is 8. The van der Waals surface area contributed by atoms with Gasteiger partial charge in [0.25, 0.3) is 10.0 Å². The van der Waals surface area contributed by atoms with Crippen molar-refractivity contribution in [2.24, 2.45) is 7.05 Å². The zero-order valence-corrected chi connectivity index (χ0v) is 13.7. The maximum Gasteiger partial charge on any atom is 0.262 e. The fraction of sp³-hybridized carbons (Fsp3) is 0.417. The maximum absolute atomic E-state index is 12.4. The standard InChI is InChI=1S/C12H15N9O2S/c1-18-8-12(13-9-18)24(22,23)19-6-11(7-19)20-4-10(16-17-20)5-21-14-2-3-15-21/h2-4,8-9,11H,5-7H2,1H3. The lowest BCUT2D eigenvalue weighted by Gasteiger charge is -2.36. The van der Waals surface area contributed by atoms with Crippen molar-refractivity contribution in [2.45, 2.75) is 17.6 Å². The predicted molar refractivity (Wildman–Crippen MR) is 80.1 cm³/mol. The molecule has 0 radical (unpaired) electrons. The summed E-state index contributed by atoms with van der Waals surface area (Å²) < 4.78 is 29.5. The van der Waals surface area contributed by atoms with Crippen LogP contribution in [0, 0.1) is 0 Å². The molecule has 12 heteroatoms. The molecule has 0 aromatic carbocycles. The SMILES string of the molecule is Cn1cnc(S(=O)(=O)N2CC(n3cc(Cn4nccn4)nn3)C2)c1. The Morgan fingerprint density at radius 2 is 1.96 bits per heavy atom. The second-order valence-electron chi connectivity index (χ2n) is 5.60. The van der Waals surface area contributed by atoms with Gasteiger partial charge in [-0.1, -0.05) is 5.21 Å². The largest absolute Gasteiger partial charge is 0.339 e. The minimum Gasteiger partial charge on any atom is -0.339 e. The fourth-order valence-electron chi connectivity index (χ4n) is 2.47. The van der Waals surface area contributed by atoms with Gasteiger partial charge in [0, 0.05) is 26.3 Å². The molecule has 0 bridgehead atoms. The van der Waals surface area contributed by atoms with Crippen LogP contribution in [0.2, 0.25) is 0 Å². The molecule has 1 fully saturated rings. The van der Waals surface area contributed by atoms with Gasteiger partial charge in [-0.3, -0.25) is 0 Å². The van der Waals surface area contributed by atoms with E-state index in [1.165, 1.54) is 21.6 Å². The van der Waals surface area contributed by atoms with E-state index >= 15 is 0 Å². The van der Waals surface area contributed by atoms with Crippen LogP contribution in [0.4, 0.5) is 0 Å². The zero-order valence-electron chi connectivity index (χ0n) is 12.8. The van der Waals surface area contributed by atoms with Crippen molar-refractivity contribution in [1.29, 1.82) is 0 Å². The van der Waals surface area contributed by atoms with Gasteiger partial charge in [-0.05, 0) is 0 Å². The van der Waals surface area contributed by atoms with Gasteiger partial charge in [-0.2, -0.15) is 19.3 Å². The molecular formula is C12H15N9O2S. The Labute approximate surface area is 137 Å². The summed E-state index contributed by atoms with van der Waals surface area (Å²) in [5, 5.41) is 16.2. The molecule has 0 saturated carbocycles. The lowest BCUT2D eigenvalue weighted by atomic mass is 10.2. The van der Waals surface area contributed by atoms with Gasteiger partial charge < -0.3 is 4.57 Å². The third-order valence-electron chi connectivity index (χ3n) is 3.82. The second kappa shape index (κ2) is 5.49. The molecule has 3 aromatic rings. The summed E-state index contributed by atoms with van der Waals surface area (Å²) in [5.74, 6) is 0. The van der Waals surface area contributed by atoms with E-state index in [2.05, 4.69) is 25.5 Å². The highest BCUT2D eigenvalue weighted by Crippen LogP contribution is 2.26. The van der Waals surface area contributed by atoms with E-state index in [9.17, 15) is 8.42 Å². The van der Waals surface area contributed by atoms with E-state index < -0.39 is 10.0 Å². The first-order chi connectivity index (χ1) is 11.5. The van der Waals surface area contributed by atoms with Crippen LogP contribution in [-0.4, -0.2) is 65.4 Å². The van der Waals surface area contributed by atoms with Crippen LogP contribution >= 0.6 is 0 Å². The van der Waals surface area contributed by atoms with Gasteiger partial charge in [-0.15, -0.1) is 5.10 Å². The lowest BCUT2D eigenvalue weighted by molar-refractivity contribution is 0.188. The summed E-state index contributed by atoms with van der Waals surface area (Å²) in [6.07, 6.45) is 7.94. The first-order valence-corrected chi connectivity index (χ1v) is 8.69. The van der Waals surface area contributed by atoms with Gasteiger partial charge >= 0.3 is 0 Å². The molecule has 4 heterocycles. The van der Waals surface area contributed by atoms with Crippen LogP contribution in [0.1, 0.15) is 11.7 Å². The van der Waals surface area contributed by atoms with Crippen LogP contribution in [0.15, 0.2) is 36.1 Å². The Morgan fingerprint density at radius 1 is 1.21 bits per heavy atom. The first-order valence-electron chi connectivity index (χ1n) is 7.25. The van der Waals surface area contributed by atoms with E-state index in [0.29, 0.717) is 19.6 Å². The number of nitrogens with zero attached hydrogens (tertiary/aromatic N) is 9. The molecule has 11 nitrogen and oxygen atoms in total. The number of sulfonamides is 1. The molecule has 1 aliphatic rings. The maximum atomic E-state index is 12.4. The summed E-state index contributed by atoms with van der Waals surface area (Å²) in [6, 6.07) is -0.0321. The Balaban J connectivity index is 1.41. The second-order valence-corrected chi connectivity index (χ2v) is 7.49. The lowest BCUT2D eigenvalue weighted by Crippen LogP contribution is -2.50. The van der Waals surface area contributed by atoms with Crippen molar-refractivity contribution in [1.82, 2.24) is 43.8 Å². The smallest absolute Gasteiger partial charge is 0.262 e. The molecule has 3 aromatic heterocycles. The molecular weight excluding hydrogens is 334 g/mol. The average molecular weight is 349 g/mol. The molecule has 4 rings (SSSR count). The highest BCUT2D eigenvalue weighted by molar-refractivity contribution is 7.89. The van der Waals surface area contributed by atoms with Crippen molar-refractivity contribution in [3.8, 4) is 0 Å². The third-order valence-corrected chi connectivity index (χ3v) is 5.53. The molecule has 1 aliphatic heterocycles. The molecule has 1 saturated heterocycles. The van der Waals surface area contributed by atoms with Gasteiger partial charge in [0.1, 0.15) is 12.2 Å². The van der Waals surface area contributed by atoms with Crippen LogP contribution in [0.25, 0.3) is 0 Å². The van der Waals surface area contributed by atoms with Crippen molar-refractivity contribution in [3.05, 3.63) is 36.8 Å². The number of aryl methyl sites for hydroxylation is 1. The van der Waals surface area contributed by atoms with E-state index in [0.717, 1.165) is 5.69 Å². The number of hydrogen-bond donors (Lipinski definition) is 0. The number of hydrogen-bond acceptors (Lipinski definition) is 7. The summed E-state index contributed by atoms with van der Waals surface area (Å²) in [7, 11) is -1.81. The molecule has 126 valence electrons. The molecule has 0 atom stereocenters. The normalized spacial score (nSPS) is 16.4. The molecule has 0 aliphatic carbocycles. The van der Waals surface area contributed by atoms with Gasteiger partial charge in [-0.25, -0.2) is 18.1 Å². The zero-order chi connectivity index (χ0) is 16.7. The van der Waals surface area contributed by atoms with Gasteiger partial charge in [0.05, 0.1) is 31.0 Å². The van der Waals surface area contributed by atoms with Crippen molar-refractivity contribution < 1.29 is 8.42 Å². The number of imidazole rings is 1. The van der Waals surface area contributed by atoms with Gasteiger partial charge in [0.15, 0.2) is 5.03 Å². The Morgan fingerprint density at radius 3 is 2.62 bits per heavy atom. The quantitative estimate of drug-likeness (QED) is 0.574. The Hall–Kier alpha value is -2.60. The Kier molecular flexibility index (Phi) is 3.42. The summed E-state index contributed by atoms with van der Waals surface area (Å²) in [5.41, 5.74) is 0.720. The van der Waals surface area contributed by atoms with E-state index in [1.54, 1.807) is 34.9 Å². The van der Waals surface area contributed by atoms with Crippen LogP contribution < -0.4 is 0 Å². The fourth-order valence-corrected chi connectivity index (χ4v) is 3.95. The summed E-state index contributed by atoms with van der Waals surface area (Å²) in [4.78, 5) is 5.42. The van der Waals surface area contributed by atoms with Gasteiger partial charge in [0.2, 0.25) is 0 Å². The van der Waals surface area contributed by atoms with Crippen LogP contribution in [0.5, 0.6) is 0 Å². The molecule has 0 N–H and O–H groups in total. The molecule has 0 spiro atoms. The molecule has 0 amide bonds. The summed E-state index contributed by atoms with van der Waals surface area (Å²) >= 11 is 0. The minimum absolute atomic E-state index is 0.0321. The monoisotopic (exact) mass is 349 g/mol. The van der Waals surface area contributed by atoms with E-state index in [4.69, 9.17) is 0 Å². The molecule has 0 unspecified atom stereocenters. The highest BCUT2D eigenvalue weighted by atomic mass is 32.2. The Bertz CT molecular complexity index is 937. The number of rotatable bonds is 5. The van der Waals surface area contributed by atoms with Crippen molar-refractivity contribution >= 4 is 10.0 Å². The van der Waals surface area contributed by atoms with E-state index in [-0.39, 0.29) is 11.1 Å². The van der Waals surface area contributed by atoms with Crippen LogP contribution in [0.3, 0.4) is 0 Å². The van der Waals surface area contributed by atoms with Crippen molar-refractivity contribution in [2.75, 3.05) is 13.1 Å². The average Bonchev–Trinajstić information content (AvgIpc) is 3.20.